The van der Waals surface area contributed by atoms with Crippen molar-refractivity contribution in [3.05, 3.63) is 65.5 Å². The highest BCUT2D eigenvalue weighted by atomic mass is 32.2. The van der Waals surface area contributed by atoms with Gasteiger partial charge in [0.05, 0.1) is 5.69 Å². The lowest BCUT2D eigenvalue weighted by molar-refractivity contribution is 0.548. The van der Waals surface area contributed by atoms with Crippen molar-refractivity contribution in [2.45, 2.75) is 25.8 Å². The predicted molar refractivity (Wildman–Crippen MR) is 93.4 cm³/mol. The molecule has 2 heterocycles. The van der Waals surface area contributed by atoms with E-state index >= 15 is 0 Å². The van der Waals surface area contributed by atoms with E-state index in [0.29, 0.717) is 11.4 Å². The quantitative estimate of drug-likeness (QED) is 0.776. The van der Waals surface area contributed by atoms with Gasteiger partial charge >= 0.3 is 0 Å². The number of rotatable bonds is 4. The van der Waals surface area contributed by atoms with E-state index in [-0.39, 0.29) is 5.03 Å². The van der Waals surface area contributed by atoms with Crippen molar-refractivity contribution >= 4 is 15.7 Å². The van der Waals surface area contributed by atoms with E-state index in [1.165, 1.54) is 12.3 Å². The van der Waals surface area contributed by atoms with E-state index in [0.717, 1.165) is 22.5 Å². The highest BCUT2D eigenvalue weighted by molar-refractivity contribution is 7.92. The first-order chi connectivity index (χ1) is 11.3. The minimum atomic E-state index is -3.74. The SMILES string of the molecule is Cc1ccc(S(=O)(=O)Nc2cc(-c3ccc(C)o3)ccc2C)nc1. The minimum absolute atomic E-state index is 0.00764. The summed E-state index contributed by atoms with van der Waals surface area (Å²) in [5, 5.41) is -0.00764. The summed E-state index contributed by atoms with van der Waals surface area (Å²) in [5.74, 6) is 1.50. The molecule has 1 aromatic carbocycles. The van der Waals surface area contributed by atoms with Crippen LogP contribution >= 0.6 is 0 Å². The zero-order valence-corrected chi connectivity index (χ0v) is 14.5. The molecule has 5 nitrogen and oxygen atoms in total. The lowest BCUT2D eigenvalue weighted by atomic mass is 10.1. The van der Waals surface area contributed by atoms with Gasteiger partial charge in [-0.3, -0.25) is 4.72 Å². The molecule has 1 N–H and O–H groups in total. The summed E-state index contributed by atoms with van der Waals surface area (Å²) in [6.45, 7) is 5.57. The molecule has 0 aliphatic carbocycles. The Balaban J connectivity index is 1.96. The van der Waals surface area contributed by atoms with Crippen molar-refractivity contribution in [2.75, 3.05) is 4.72 Å². The number of aromatic nitrogens is 1. The molecule has 0 bridgehead atoms. The van der Waals surface area contributed by atoms with Gasteiger partial charge in [0, 0.05) is 11.8 Å². The van der Waals surface area contributed by atoms with Crippen molar-refractivity contribution in [1.82, 2.24) is 4.98 Å². The molecule has 3 rings (SSSR count). The number of pyridine rings is 1. The lowest BCUT2D eigenvalue weighted by Crippen LogP contribution is -2.15. The molecule has 0 radical (unpaired) electrons. The highest BCUT2D eigenvalue weighted by Gasteiger charge is 2.17. The maximum Gasteiger partial charge on any atom is 0.279 e. The van der Waals surface area contributed by atoms with E-state index in [2.05, 4.69) is 9.71 Å². The zero-order chi connectivity index (χ0) is 17.3. The first kappa shape index (κ1) is 16.3. The van der Waals surface area contributed by atoms with Crippen molar-refractivity contribution in [3.63, 3.8) is 0 Å². The van der Waals surface area contributed by atoms with Crippen LogP contribution in [0.4, 0.5) is 5.69 Å². The number of furan rings is 1. The van der Waals surface area contributed by atoms with Crippen LogP contribution in [-0.4, -0.2) is 13.4 Å². The topological polar surface area (TPSA) is 72.2 Å². The molecular formula is C18H18N2O3S. The molecule has 0 atom stereocenters. The van der Waals surface area contributed by atoms with Gasteiger partial charge < -0.3 is 4.42 Å². The molecule has 0 aliphatic rings. The molecule has 0 spiro atoms. The average Bonchev–Trinajstić information content (AvgIpc) is 2.96. The number of hydrogen-bond acceptors (Lipinski definition) is 4. The molecular weight excluding hydrogens is 324 g/mol. The second kappa shape index (κ2) is 6.13. The summed E-state index contributed by atoms with van der Waals surface area (Å²) in [7, 11) is -3.74. The molecule has 24 heavy (non-hydrogen) atoms. The highest BCUT2D eigenvalue weighted by Crippen LogP contribution is 2.28. The summed E-state index contributed by atoms with van der Waals surface area (Å²) < 4.78 is 33.3. The van der Waals surface area contributed by atoms with Crippen LogP contribution in [0.5, 0.6) is 0 Å². The van der Waals surface area contributed by atoms with E-state index in [4.69, 9.17) is 4.42 Å². The van der Waals surface area contributed by atoms with Crippen molar-refractivity contribution in [1.29, 1.82) is 0 Å². The number of nitrogens with zero attached hydrogens (tertiary/aromatic N) is 1. The number of benzene rings is 1. The third-order valence-corrected chi connectivity index (χ3v) is 4.95. The van der Waals surface area contributed by atoms with Gasteiger partial charge in [0.1, 0.15) is 11.5 Å². The van der Waals surface area contributed by atoms with E-state index < -0.39 is 10.0 Å². The van der Waals surface area contributed by atoms with Crippen LogP contribution in [0.25, 0.3) is 11.3 Å². The van der Waals surface area contributed by atoms with Crippen LogP contribution < -0.4 is 4.72 Å². The van der Waals surface area contributed by atoms with Gasteiger partial charge in [0.25, 0.3) is 10.0 Å². The van der Waals surface area contributed by atoms with Gasteiger partial charge in [0.15, 0.2) is 5.03 Å². The standard InChI is InChI=1S/C18H18N2O3S/c1-12-4-9-18(19-11-12)24(21,22)20-16-10-15(7-5-13(16)2)17-8-6-14(3)23-17/h4-11,20H,1-3H3. The number of hydrogen-bond donors (Lipinski definition) is 1. The largest absolute Gasteiger partial charge is 0.461 e. The summed E-state index contributed by atoms with van der Waals surface area (Å²) in [5.41, 5.74) is 3.03. The Morgan fingerprint density at radius 3 is 2.42 bits per heavy atom. The van der Waals surface area contributed by atoms with E-state index in [1.807, 2.05) is 45.0 Å². The van der Waals surface area contributed by atoms with Crippen LogP contribution in [0.15, 0.2) is 58.1 Å². The zero-order valence-electron chi connectivity index (χ0n) is 13.7. The fourth-order valence-electron chi connectivity index (χ4n) is 2.29. The van der Waals surface area contributed by atoms with Crippen molar-refractivity contribution in [2.24, 2.45) is 0 Å². The van der Waals surface area contributed by atoms with E-state index in [1.54, 1.807) is 12.1 Å². The summed E-state index contributed by atoms with van der Waals surface area (Å²) >= 11 is 0. The molecule has 0 saturated heterocycles. The first-order valence-electron chi connectivity index (χ1n) is 7.48. The number of sulfonamides is 1. The molecule has 2 aromatic heterocycles. The second-order valence-corrected chi connectivity index (χ2v) is 7.35. The fourth-order valence-corrected chi connectivity index (χ4v) is 3.34. The van der Waals surface area contributed by atoms with Gasteiger partial charge in [-0.1, -0.05) is 18.2 Å². The molecule has 0 unspecified atom stereocenters. The van der Waals surface area contributed by atoms with Gasteiger partial charge in [-0.15, -0.1) is 0 Å². The van der Waals surface area contributed by atoms with E-state index in [9.17, 15) is 8.42 Å². The van der Waals surface area contributed by atoms with Gasteiger partial charge in [-0.2, -0.15) is 8.42 Å². The van der Waals surface area contributed by atoms with Crippen molar-refractivity contribution in [3.8, 4) is 11.3 Å². The van der Waals surface area contributed by atoms with Crippen LogP contribution in [0, 0.1) is 20.8 Å². The Kier molecular flexibility index (Phi) is 4.15. The summed E-state index contributed by atoms with van der Waals surface area (Å²) in [4.78, 5) is 3.99. The summed E-state index contributed by atoms with van der Waals surface area (Å²) in [6, 6.07) is 12.5. The predicted octanol–water partition coefficient (Wildman–Crippen LogP) is 4.07. The van der Waals surface area contributed by atoms with Gasteiger partial charge in [-0.25, -0.2) is 4.98 Å². The second-order valence-electron chi connectivity index (χ2n) is 5.72. The Labute approximate surface area is 141 Å². The Morgan fingerprint density at radius 1 is 1.00 bits per heavy atom. The normalized spacial score (nSPS) is 11.5. The molecule has 6 heteroatoms. The third kappa shape index (κ3) is 3.33. The maximum atomic E-state index is 12.5. The van der Waals surface area contributed by atoms with Crippen LogP contribution in [0.2, 0.25) is 0 Å². The Morgan fingerprint density at radius 2 is 1.79 bits per heavy atom. The summed E-state index contributed by atoms with van der Waals surface area (Å²) in [6.07, 6.45) is 1.53. The molecule has 0 fully saturated rings. The number of anilines is 1. The monoisotopic (exact) mass is 342 g/mol. The molecule has 3 aromatic rings. The minimum Gasteiger partial charge on any atom is -0.461 e. The first-order valence-corrected chi connectivity index (χ1v) is 8.96. The smallest absolute Gasteiger partial charge is 0.279 e. The van der Waals surface area contributed by atoms with Crippen molar-refractivity contribution < 1.29 is 12.8 Å². The lowest BCUT2D eigenvalue weighted by Gasteiger charge is -2.11. The Hall–Kier alpha value is -2.60. The number of nitrogens with one attached hydrogen (secondary N) is 1. The molecule has 0 amide bonds. The molecule has 124 valence electrons. The van der Waals surface area contributed by atoms with Gasteiger partial charge in [-0.05, 0) is 56.2 Å². The van der Waals surface area contributed by atoms with Crippen LogP contribution in [-0.2, 0) is 10.0 Å². The maximum absolute atomic E-state index is 12.5. The fraction of sp³-hybridized carbons (Fsp3) is 0.167. The average molecular weight is 342 g/mol. The molecule has 0 aliphatic heterocycles. The van der Waals surface area contributed by atoms with Gasteiger partial charge in [0.2, 0.25) is 0 Å². The van der Waals surface area contributed by atoms with Crippen LogP contribution in [0.3, 0.4) is 0 Å². The molecule has 0 saturated carbocycles. The van der Waals surface area contributed by atoms with Crippen LogP contribution in [0.1, 0.15) is 16.9 Å². The number of aryl methyl sites for hydroxylation is 3. The third-order valence-electron chi connectivity index (χ3n) is 3.67. The Bertz CT molecular complexity index is 974.